The van der Waals surface area contributed by atoms with Gasteiger partial charge in [-0.2, -0.15) is 0 Å². The molecule has 0 unspecified atom stereocenters. The van der Waals surface area contributed by atoms with Crippen LogP contribution in [0.3, 0.4) is 0 Å². The van der Waals surface area contributed by atoms with Crippen LogP contribution >= 0.6 is 8.20 Å². The predicted molar refractivity (Wildman–Crippen MR) is 31.6 cm³/mol. The fraction of sp³-hybridized carbons (Fsp3) is 0.400. The molecule has 0 N–H and O–H groups in total. The molecular formula is C5H7P. The second-order valence-electron chi connectivity index (χ2n) is 1.44. The van der Waals surface area contributed by atoms with Crippen molar-refractivity contribution in [3.8, 4) is 0 Å². The zero-order valence-electron chi connectivity index (χ0n) is 3.81. The van der Waals surface area contributed by atoms with Gasteiger partial charge in [0.15, 0.2) is 0 Å². The largest absolute Gasteiger partial charge is 0.100 e. The summed E-state index contributed by atoms with van der Waals surface area (Å²) in [5.41, 5.74) is 1.44. The third-order valence-corrected chi connectivity index (χ3v) is 1.80. The standard InChI is InChI=1S/C5H7P/c1-5-2-3-6-4-5/h2,4H,3H2,1H3. The zero-order valence-corrected chi connectivity index (χ0v) is 4.70. The molecule has 0 aliphatic carbocycles. The molecule has 1 rings (SSSR count). The Morgan fingerprint density at radius 3 is 2.83 bits per heavy atom. The van der Waals surface area contributed by atoms with Crippen molar-refractivity contribution < 1.29 is 0 Å². The minimum atomic E-state index is 1.24. The van der Waals surface area contributed by atoms with Gasteiger partial charge in [0, 0.05) is 6.16 Å². The summed E-state index contributed by atoms with van der Waals surface area (Å²) >= 11 is 0. The first kappa shape index (κ1) is 4.08. The topological polar surface area (TPSA) is 0 Å². The van der Waals surface area contributed by atoms with Crippen molar-refractivity contribution in [1.29, 1.82) is 0 Å². The maximum absolute atomic E-state index is 2.25. The SMILES string of the molecule is CC1=CCP=C1. The first-order valence-corrected chi connectivity index (χ1v) is 3.21. The van der Waals surface area contributed by atoms with Gasteiger partial charge in [0.05, 0.1) is 0 Å². The smallest absolute Gasteiger partial charge is 0.00799 e. The molecule has 0 radical (unpaired) electrons. The monoisotopic (exact) mass is 98.0 g/mol. The maximum Gasteiger partial charge on any atom is 0.00799 e. The van der Waals surface area contributed by atoms with Gasteiger partial charge in [-0.1, -0.05) is 11.6 Å². The Morgan fingerprint density at radius 2 is 2.67 bits per heavy atom. The second kappa shape index (κ2) is 1.57. The third kappa shape index (κ3) is 0.693. The lowest BCUT2D eigenvalue weighted by molar-refractivity contribution is 1.60. The molecule has 0 spiro atoms. The van der Waals surface area contributed by atoms with E-state index in [0.717, 1.165) is 0 Å². The summed E-state index contributed by atoms with van der Waals surface area (Å²) in [5, 5.41) is 0. The fourth-order valence-electron chi connectivity index (χ4n) is 0.446. The van der Waals surface area contributed by atoms with E-state index >= 15 is 0 Å². The molecule has 6 heavy (non-hydrogen) atoms. The highest BCUT2D eigenvalue weighted by Crippen LogP contribution is 2.07. The molecular weight excluding hydrogens is 91.0 g/mol. The lowest BCUT2D eigenvalue weighted by atomic mass is 10.3. The van der Waals surface area contributed by atoms with Gasteiger partial charge >= 0.3 is 0 Å². The predicted octanol–water partition coefficient (Wildman–Crippen LogP) is 1.69. The average Bonchev–Trinajstić information content (AvgIpc) is 1.86. The van der Waals surface area contributed by atoms with E-state index in [1.165, 1.54) is 19.9 Å². The number of allylic oxidation sites excluding steroid dienone is 2. The summed E-state index contributed by atoms with van der Waals surface area (Å²) in [6.07, 6.45) is 3.49. The van der Waals surface area contributed by atoms with E-state index < -0.39 is 0 Å². The number of hydrogen-bond donors (Lipinski definition) is 0. The summed E-state index contributed by atoms with van der Waals surface area (Å²) in [5.74, 6) is 2.24. The molecule has 0 aromatic carbocycles. The molecule has 1 heterocycles. The molecule has 1 heteroatoms. The van der Waals surface area contributed by atoms with Crippen LogP contribution in [0.2, 0.25) is 0 Å². The van der Waals surface area contributed by atoms with Crippen molar-refractivity contribution in [2.45, 2.75) is 6.92 Å². The van der Waals surface area contributed by atoms with E-state index in [4.69, 9.17) is 0 Å². The summed E-state index contributed by atoms with van der Waals surface area (Å²) in [6.45, 7) is 2.14. The Balaban J connectivity index is 2.68. The Morgan fingerprint density at radius 1 is 1.83 bits per heavy atom. The summed E-state index contributed by atoms with van der Waals surface area (Å²) < 4.78 is 0. The van der Waals surface area contributed by atoms with Crippen LogP contribution in [-0.4, -0.2) is 12.0 Å². The molecule has 1 aliphatic heterocycles. The van der Waals surface area contributed by atoms with Crippen LogP contribution in [0, 0.1) is 0 Å². The van der Waals surface area contributed by atoms with Gasteiger partial charge in [-0.15, -0.1) is 8.20 Å². The fourth-order valence-corrected chi connectivity index (χ4v) is 1.34. The summed E-state index contributed by atoms with van der Waals surface area (Å²) in [4.78, 5) is 0. The maximum atomic E-state index is 2.25. The highest BCUT2D eigenvalue weighted by Gasteiger charge is 1.85. The van der Waals surface area contributed by atoms with E-state index in [-0.39, 0.29) is 0 Å². The summed E-state index contributed by atoms with van der Waals surface area (Å²) in [7, 11) is 1.47. The van der Waals surface area contributed by atoms with E-state index in [1.54, 1.807) is 0 Å². The van der Waals surface area contributed by atoms with Gasteiger partial charge in [0.25, 0.3) is 0 Å². The first-order valence-electron chi connectivity index (χ1n) is 2.06. The van der Waals surface area contributed by atoms with Crippen LogP contribution in [-0.2, 0) is 0 Å². The molecule has 1 aliphatic rings. The Labute approximate surface area is 39.7 Å². The molecule has 0 aromatic heterocycles. The van der Waals surface area contributed by atoms with E-state index in [2.05, 4.69) is 18.8 Å². The molecule has 0 saturated carbocycles. The number of hydrogen-bond acceptors (Lipinski definition) is 0. The molecule has 0 saturated heterocycles. The van der Waals surface area contributed by atoms with E-state index in [0.29, 0.717) is 0 Å². The number of rotatable bonds is 0. The van der Waals surface area contributed by atoms with Crippen molar-refractivity contribution >= 4 is 14.0 Å². The average molecular weight is 98.1 g/mol. The zero-order chi connectivity index (χ0) is 4.41. The second-order valence-corrected chi connectivity index (χ2v) is 2.43. The van der Waals surface area contributed by atoms with Crippen LogP contribution in [0.5, 0.6) is 0 Å². The Hall–Kier alpha value is -0.0900. The minimum Gasteiger partial charge on any atom is -0.100 e. The van der Waals surface area contributed by atoms with Gasteiger partial charge in [0.2, 0.25) is 0 Å². The Bertz CT molecular complexity index is 97.8. The van der Waals surface area contributed by atoms with Crippen LogP contribution in [0.25, 0.3) is 0 Å². The lowest BCUT2D eigenvalue weighted by Crippen LogP contribution is -1.62. The van der Waals surface area contributed by atoms with Crippen molar-refractivity contribution in [2.24, 2.45) is 0 Å². The quantitative estimate of drug-likeness (QED) is 0.404. The van der Waals surface area contributed by atoms with Crippen molar-refractivity contribution in [3.05, 3.63) is 11.6 Å². The molecule has 0 fully saturated rings. The van der Waals surface area contributed by atoms with Crippen LogP contribution in [0.4, 0.5) is 0 Å². The van der Waals surface area contributed by atoms with Gasteiger partial charge in [-0.25, -0.2) is 0 Å². The van der Waals surface area contributed by atoms with Crippen molar-refractivity contribution in [1.82, 2.24) is 0 Å². The minimum absolute atomic E-state index is 1.24. The van der Waals surface area contributed by atoms with Crippen molar-refractivity contribution in [2.75, 3.05) is 6.16 Å². The van der Waals surface area contributed by atoms with Crippen LogP contribution in [0.1, 0.15) is 6.92 Å². The van der Waals surface area contributed by atoms with Crippen LogP contribution < -0.4 is 0 Å². The highest BCUT2D eigenvalue weighted by molar-refractivity contribution is 7.39. The molecule has 0 aromatic rings. The molecule has 0 nitrogen and oxygen atoms in total. The van der Waals surface area contributed by atoms with Gasteiger partial charge < -0.3 is 0 Å². The highest BCUT2D eigenvalue weighted by atomic mass is 31.1. The van der Waals surface area contributed by atoms with E-state index in [1.807, 2.05) is 0 Å². The third-order valence-electron chi connectivity index (χ3n) is 0.814. The molecule has 32 valence electrons. The molecule has 0 bridgehead atoms. The molecule has 0 amide bonds. The van der Waals surface area contributed by atoms with Crippen LogP contribution in [0.15, 0.2) is 11.6 Å². The normalized spacial score (nSPS) is 21.2. The van der Waals surface area contributed by atoms with Gasteiger partial charge in [0.1, 0.15) is 0 Å². The van der Waals surface area contributed by atoms with E-state index in [9.17, 15) is 0 Å². The first-order chi connectivity index (χ1) is 2.89. The summed E-state index contributed by atoms with van der Waals surface area (Å²) in [6, 6.07) is 0. The molecule has 0 atom stereocenters. The van der Waals surface area contributed by atoms with Crippen molar-refractivity contribution in [3.63, 3.8) is 0 Å². The van der Waals surface area contributed by atoms with Gasteiger partial charge in [-0.3, -0.25) is 0 Å². The van der Waals surface area contributed by atoms with Gasteiger partial charge in [-0.05, 0) is 12.7 Å². The lowest BCUT2D eigenvalue weighted by Gasteiger charge is -1.71. The Kier molecular flexibility index (Phi) is 1.07.